The number of sulfonamides is 1. The van der Waals surface area contributed by atoms with Gasteiger partial charge in [-0.05, 0) is 19.1 Å². The molecule has 1 rings (SSSR count). The SMILES string of the molecule is CC(=O)NS(=O)(=O)c1ccc(C)cc1.[H-].[K+]. The van der Waals surface area contributed by atoms with Crippen LogP contribution in [0.1, 0.15) is 13.9 Å². The van der Waals surface area contributed by atoms with Crippen molar-refractivity contribution in [1.82, 2.24) is 4.72 Å². The predicted octanol–water partition coefficient (Wildman–Crippen LogP) is -2.06. The van der Waals surface area contributed by atoms with Crippen molar-refractivity contribution >= 4 is 15.9 Å². The summed E-state index contributed by atoms with van der Waals surface area (Å²) in [6, 6.07) is 6.27. The normalized spacial score (nSPS) is 10.3. The van der Waals surface area contributed by atoms with E-state index in [9.17, 15) is 13.2 Å². The minimum atomic E-state index is -3.68. The van der Waals surface area contributed by atoms with Gasteiger partial charge in [0.15, 0.2) is 0 Å². The predicted molar refractivity (Wildman–Crippen MR) is 53.3 cm³/mol. The van der Waals surface area contributed by atoms with Crippen molar-refractivity contribution in [3.05, 3.63) is 29.8 Å². The van der Waals surface area contributed by atoms with Crippen molar-refractivity contribution in [2.24, 2.45) is 0 Å². The summed E-state index contributed by atoms with van der Waals surface area (Å²) in [7, 11) is -3.68. The third-order valence-electron chi connectivity index (χ3n) is 1.61. The molecule has 15 heavy (non-hydrogen) atoms. The summed E-state index contributed by atoms with van der Waals surface area (Å²) in [6.07, 6.45) is 0. The summed E-state index contributed by atoms with van der Waals surface area (Å²) in [6.45, 7) is 3.01. The summed E-state index contributed by atoms with van der Waals surface area (Å²) in [5.74, 6) is -0.592. The Balaban J connectivity index is 0. The van der Waals surface area contributed by atoms with Crippen molar-refractivity contribution in [1.29, 1.82) is 0 Å². The zero-order valence-electron chi connectivity index (χ0n) is 9.94. The Morgan fingerprint density at radius 1 is 1.27 bits per heavy atom. The number of carbonyl (C=O) groups is 1. The van der Waals surface area contributed by atoms with E-state index >= 15 is 0 Å². The number of rotatable bonds is 2. The standard InChI is InChI=1S/C9H11NO3S.K.H/c1-7-3-5-9(6-4-7)14(12,13)10-8(2)11;;/h3-6H,1-2H3,(H,10,11);;/q;+1;-1. The number of benzene rings is 1. The zero-order valence-corrected chi connectivity index (χ0v) is 12.9. The smallest absolute Gasteiger partial charge is 1.00 e. The van der Waals surface area contributed by atoms with Crippen molar-refractivity contribution < 1.29 is 66.0 Å². The van der Waals surface area contributed by atoms with Gasteiger partial charge in [-0.15, -0.1) is 0 Å². The monoisotopic (exact) mass is 253 g/mol. The van der Waals surface area contributed by atoms with Gasteiger partial charge in [0.05, 0.1) is 4.90 Å². The summed E-state index contributed by atoms with van der Waals surface area (Å²) >= 11 is 0. The van der Waals surface area contributed by atoms with Crippen LogP contribution in [0.25, 0.3) is 0 Å². The van der Waals surface area contributed by atoms with E-state index in [0.717, 1.165) is 12.5 Å². The fourth-order valence-electron chi connectivity index (χ4n) is 0.966. The van der Waals surface area contributed by atoms with Gasteiger partial charge in [-0.2, -0.15) is 0 Å². The molecule has 0 aliphatic heterocycles. The molecular formula is C9H12KNO3S. The quantitative estimate of drug-likeness (QED) is 0.616. The summed E-state index contributed by atoms with van der Waals surface area (Å²) < 4.78 is 24.7. The van der Waals surface area contributed by atoms with Gasteiger partial charge >= 0.3 is 51.4 Å². The number of hydrogen-bond donors (Lipinski definition) is 1. The second kappa shape index (κ2) is 6.12. The van der Waals surface area contributed by atoms with Crippen LogP contribution in [0.5, 0.6) is 0 Å². The van der Waals surface area contributed by atoms with Gasteiger partial charge in [0.1, 0.15) is 0 Å². The van der Waals surface area contributed by atoms with Gasteiger partial charge in [-0.3, -0.25) is 4.79 Å². The molecule has 0 atom stereocenters. The maximum Gasteiger partial charge on any atom is 1.00 e. The topological polar surface area (TPSA) is 63.2 Å². The van der Waals surface area contributed by atoms with Crippen LogP contribution in [0, 0.1) is 6.92 Å². The summed E-state index contributed by atoms with van der Waals surface area (Å²) in [4.78, 5) is 10.7. The molecule has 1 aromatic carbocycles. The van der Waals surface area contributed by atoms with Crippen LogP contribution in [-0.4, -0.2) is 14.3 Å². The fourth-order valence-corrected chi connectivity index (χ4v) is 1.96. The molecule has 0 aromatic heterocycles. The van der Waals surface area contributed by atoms with E-state index in [1.54, 1.807) is 12.1 Å². The van der Waals surface area contributed by atoms with E-state index in [1.165, 1.54) is 12.1 Å². The number of carbonyl (C=O) groups excluding carboxylic acids is 1. The van der Waals surface area contributed by atoms with Gasteiger partial charge in [0.2, 0.25) is 5.91 Å². The van der Waals surface area contributed by atoms with E-state index in [4.69, 9.17) is 0 Å². The van der Waals surface area contributed by atoms with Gasteiger partial charge in [0.25, 0.3) is 10.0 Å². The van der Waals surface area contributed by atoms with Crippen LogP contribution in [0.3, 0.4) is 0 Å². The number of nitrogens with one attached hydrogen (secondary N) is 1. The summed E-state index contributed by atoms with van der Waals surface area (Å²) in [5.41, 5.74) is 0.965. The van der Waals surface area contributed by atoms with Gasteiger partial charge in [-0.1, -0.05) is 17.7 Å². The Labute approximate surface area is 133 Å². The molecule has 1 amide bonds. The first-order chi connectivity index (χ1) is 6.42. The van der Waals surface area contributed by atoms with Gasteiger partial charge < -0.3 is 1.43 Å². The van der Waals surface area contributed by atoms with Gasteiger partial charge in [0, 0.05) is 6.92 Å². The average Bonchev–Trinajstić information content (AvgIpc) is 2.02. The molecule has 0 heterocycles. The van der Waals surface area contributed by atoms with Crippen molar-refractivity contribution in [2.75, 3.05) is 0 Å². The van der Waals surface area contributed by atoms with Crippen molar-refractivity contribution in [2.45, 2.75) is 18.7 Å². The van der Waals surface area contributed by atoms with Crippen LogP contribution < -0.4 is 56.1 Å². The molecule has 78 valence electrons. The second-order valence-corrected chi connectivity index (χ2v) is 4.66. The second-order valence-electron chi connectivity index (χ2n) is 2.97. The zero-order chi connectivity index (χ0) is 10.8. The Kier molecular flexibility index (Phi) is 6.23. The Morgan fingerprint density at radius 2 is 1.73 bits per heavy atom. The Bertz CT molecular complexity index is 444. The minimum Gasteiger partial charge on any atom is -1.00 e. The van der Waals surface area contributed by atoms with E-state index < -0.39 is 15.9 Å². The molecule has 0 aliphatic rings. The average molecular weight is 253 g/mol. The van der Waals surface area contributed by atoms with Crippen molar-refractivity contribution in [3.8, 4) is 0 Å². The van der Waals surface area contributed by atoms with Crippen LogP contribution in [0.15, 0.2) is 29.2 Å². The largest absolute Gasteiger partial charge is 1.00 e. The number of aryl methyl sites for hydroxylation is 1. The minimum absolute atomic E-state index is 0. The molecule has 0 saturated heterocycles. The number of hydrogen-bond acceptors (Lipinski definition) is 3. The molecule has 1 N–H and O–H groups in total. The molecule has 6 heteroatoms. The first-order valence-corrected chi connectivity index (χ1v) is 5.50. The van der Waals surface area contributed by atoms with Crippen molar-refractivity contribution in [3.63, 3.8) is 0 Å². The van der Waals surface area contributed by atoms with Gasteiger partial charge in [-0.25, -0.2) is 13.1 Å². The summed E-state index contributed by atoms with van der Waals surface area (Å²) in [5, 5.41) is 0. The van der Waals surface area contributed by atoms with Crippen LogP contribution >= 0.6 is 0 Å². The van der Waals surface area contributed by atoms with Crippen LogP contribution in [0.4, 0.5) is 0 Å². The molecule has 1 aromatic rings. The molecular weight excluding hydrogens is 241 g/mol. The molecule has 0 unspecified atom stereocenters. The third kappa shape index (κ3) is 4.75. The molecule has 0 bridgehead atoms. The maximum absolute atomic E-state index is 11.4. The Morgan fingerprint density at radius 3 is 2.13 bits per heavy atom. The molecule has 0 saturated carbocycles. The first kappa shape index (κ1) is 15.3. The van der Waals surface area contributed by atoms with E-state index in [0.29, 0.717) is 0 Å². The van der Waals surface area contributed by atoms with E-state index in [2.05, 4.69) is 0 Å². The Hall–Kier alpha value is 0.276. The van der Waals surface area contributed by atoms with Crippen LogP contribution in [-0.2, 0) is 14.8 Å². The molecule has 0 aliphatic carbocycles. The maximum atomic E-state index is 11.4. The van der Waals surface area contributed by atoms with E-state index in [1.807, 2.05) is 11.6 Å². The fraction of sp³-hybridized carbons (Fsp3) is 0.222. The molecule has 4 nitrogen and oxygen atoms in total. The number of amides is 1. The molecule has 0 spiro atoms. The molecule has 0 fully saturated rings. The van der Waals surface area contributed by atoms with Crippen LogP contribution in [0.2, 0.25) is 0 Å². The first-order valence-electron chi connectivity index (χ1n) is 4.02. The molecule has 0 radical (unpaired) electrons. The van der Waals surface area contributed by atoms with E-state index in [-0.39, 0.29) is 57.7 Å². The third-order valence-corrected chi connectivity index (χ3v) is 3.06.